The fourth-order valence-corrected chi connectivity index (χ4v) is 1.11. The van der Waals surface area contributed by atoms with Gasteiger partial charge in [-0.15, -0.1) is 0 Å². The summed E-state index contributed by atoms with van der Waals surface area (Å²) in [5.74, 6) is 0.147. The second-order valence-corrected chi connectivity index (χ2v) is 3.14. The molecule has 0 radical (unpaired) electrons. The molecule has 70 valence electrons. The maximum Gasteiger partial charge on any atom is 0.230 e. The number of benzene rings is 1. The van der Waals surface area contributed by atoms with Crippen molar-refractivity contribution in [3.8, 4) is 5.75 Å². The molecule has 0 aliphatic carbocycles. The third-order valence-electron chi connectivity index (χ3n) is 1.52. The molecule has 0 spiro atoms. The molecule has 4 heteroatoms. The predicted molar refractivity (Wildman–Crippen MR) is 53.7 cm³/mol. The van der Waals surface area contributed by atoms with E-state index in [4.69, 9.17) is 5.11 Å². The number of carbonyl (C=O) groups is 1. The van der Waals surface area contributed by atoms with Crippen molar-refractivity contribution < 1.29 is 9.90 Å². The number of phenols is 1. The Balaban J connectivity index is 2.50. The minimum absolute atomic E-state index is 0.0663. The van der Waals surface area contributed by atoms with Gasteiger partial charge in [0.1, 0.15) is 5.75 Å². The van der Waals surface area contributed by atoms with Crippen LogP contribution >= 0.6 is 15.9 Å². The van der Waals surface area contributed by atoms with Crippen molar-refractivity contribution in [2.75, 3.05) is 5.33 Å². The van der Waals surface area contributed by atoms with E-state index in [1.807, 2.05) is 6.07 Å². The van der Waals surface area contributed by atoms with E-state index in [-0.39, 0.29) is 11.7 Å². The lowest BCUT2D eigenvalue weighted by Crippen LogP contribution is -2.23. The smallest absolute Gasteiger partial charge is 0.230 e. The van der Waals surface area contributed by atoms with Crippen molar-refractivity contribution in [1.82, 2.24) is 5.32 Å². The Morgan fingerprint density at radius 2 is 2.31 bits per heavy atom. The van der Waals surface area contributed by atoms with Crippen LogP contribution in [-0.2, 0) is 11.3 Å². The molecule has 0 saturated heterocycles. The molecule has 0 bridgehead atoms. The summed E-state index contributed by atoms with van der Waals surface area (Å²) < 4.78 is 0. The van der Waals surface area contributed by atoms with Gasteiger partial charge in [0.15, 0.2) is 0 Å². The number of halogens is 1. The molecule has 0 aliphatic rings. The van der Waals surface area contributed by atoms with Gasteiger partial charge < -0.3 is 10.4 Å². The van der Waals surface area contributed by atoms with E-state index in [1.54, 1.807) is 18.2 Å². The molecule has 0 aliphatic heterocycles. The van der Waals surface area contributed by atoms with Crippen molar-refractivity contribution in [1.29, 1.82) is 0 Å². The Kier molecular flexibility index (Phi) is 3.76. The Morgan fingerprint density at radius 3 is 2.92 bits per heavy atom. The second kappa shape index (κ2) is 4.87. The molecule has 0 atom stereocenters. The van der Waals surface area contributed by atoms with Gasteiger partial charge in [0, 0.05) is 6.54 Å². The molecule has 0 heterocycles. The first-order valence-corrected chi connectivity index (χ1v) is 4.95. The van der Waals surface area contributed by atoms with Crippen LogP contribution < -0.4 is 5.32 Å². The molecule has 0 saturated carbocycles. The highest BCUT2D eigenvalue weighted by molar-refractivity contribution is 9.09. The fraction of sp³-hybridized carbons (Fsp3) is 0.222. The molecule has 1 aromatic carbocycles. The average Bonchev–Trinajstić information content (AvgIpc) is 2.14. The highest BCUT2D eigenvalue weighted by Crippen LogP contribution is 2.10. The van der Waals surface area contributed by atoms with Gasteiger partial charge in [0.25, 0.3) is 0 Å². The normalized spacial score (nSPS) is 9.62. The number of hydrogen-bond acceptors (Lipinski definition) is 2. The van der Waals surface area contributed by atoms with Crippen LogP contribution in [0.15, 0.2) is 24.3 Å². The number of phenolic OH excluding ortho intramolecular Hbond substituents is 1. The number of rotatable bonds is 3. The summed E-state index contributed by atoms with van der Waals surface area (Å²) in [5, 5.41) is 12.1. The van der Waals surface area contributed by atoms with Gasteiger partial charge in [-0.2, -0.15) is 0 Å². The lowest BCUT2D eigenvalue weighted by atomic mass is 10.2. The maximum atomic E-state index is 10.8. The number of amides is 1. The van der Waals surface area contributed by atoms with Gasteiger partial charge in [-0.1, -0.05) is 28.1 Å². The largest absolute Gasteiger partial charge is 0.508 e. The molecule has 2 N–H and O–H groups in total. The van der Waals surface area contributed by atoms with Crippen molar-refractivity contribution in [2.45, 2.75) is 6.54 Å². The van der Waals surface area contributed by atoms with E-state index in [2.05, 4.69) is 21.2 Å². The van der Waals surface area contributed by atoms with Crippen LogP contribution in [0, 0.1) is 0 Å². The van der Waals surface area contributed by atoms with Gasteiger partial charge in [-0.3, -0.25) is 4.79 Å². The molecule has 3 nitrogen and oxygen atoms in total. The van der Waals surface area contributed by atoms with Crippen LogP contribution in [0.4, 0.5) is 0 Å². The molecular formula is C9H10BrNO2. The molecule has 0 fully saturated rings. The molecule has 1 amide bonds. The Hall–Kier alpha value is -1.03. The third kappa shape index (κ3) is 3.46. The summed E-state index contributed by atoms with van der Waals surface area (Å²) in [5.41, 5.74) is 0.884. The van der Waals surface area contributed by atoms with Crippen molar-refractivity contribution >= 4 is 21.8 Å². The van der Waals surface area contributed by atoms with Crippen molar-refractivity contribution in [2.24, 2.45) is 0 Å². The first kappa shape index (κ1) is 10.1. The average molecular weight is 244 g/mol. The monoisotopic (exact) mass is 243 g/mol. The predicted octanol–water partition coefficient (Wildman–Crippen LogP) is 1.40. The number of alkyl halides is 1. The highest BCUT2D eigenvalue weighted by Gasteiger charge is 1.98. The second-order valence-electron chi connectivity index (χ2n) is 2.58. The van der Waals surface area contributed by atoms with E-state index < -0.39 is 0 Å². The van der Waals surface area contributed by atoms with Crippen LogP contribution in [0.3, 0.4) is 0 Å². The Bertz CT molecular complexity index is 301. The molecule has 1 rings (SSSR count). The number of carbonyl (C=O) groups excluding carboxylic acids is 1. The Labute approximate surface area is 84.9 Å². The van der Waals surface area contributed by atoms with Crippen molar-refractivity contribution in [3.05, 3.63) is 29.8 Å². The number of aromatic hydroxyl groups is 1. The zero-order valence-corrected chi connectivity index (χ0v) is 8.54. The van der Waals surface area contributed by atoms with E-state index in [9.17, 15) is 4.79 Å². The molecule has 0 unspecified atom stereocenters. The van der Waals surface area contributed by atoms with E-state index in [0.717, 1.165) is 5.56 Å². The van der Waals surface area contributed by atoms with Crippen LogP contribution in [0.5, 0.6) is 5.75 Å². The molecule has 0 aromatic heterocycles. The molecule has 1 aromatic rings. The van der Waals surface area contributed by atoms with Gasteiger partial charge >= 0.3 is 0 Å². The minimum atomic E-state index is -0.0663. The molecule has 13 heavy (non-hydrogen) atoms. The summed E-state index contributed by atoms with van der Waals surface area (Å²) in [4.78, 5) is 10.8. The van der Waals surface area contributed by atoms with Gasteiger partial charge in [-0.25, -0.2) is 0 Å². The zero-order valence-electron chi connectivity index (χ0n) is 6.96. The lowest BCUT2D eigenvalue weighted by molar-refractivity contribution is -0.118. The van der Waals surface area contributed by atoms with E-state index >= 15 is 0 Å². The topological polar surface area (TPSA) is 49.3 Å². The number of nitrogens with one attached hydrogen (secondary N) is 1. The highest BCUT2D eigenvalue weighted by atomic mass is 79.9. The van der Waals surface area contributed by atoms with Gasteiger partial charge in [-0.05, 0) is 17.7 Å². The van der Waals surface area contributed by atoms with Crippen LogP contribution in [0.2, 0.25) is 0 Å². The fourth-order valence-electron chi connectivity index (χ4n) is 0.914. The summed E-state index contributed by atoms with van der Waals surface area (Å²) in [6.07, 6.45) is 0. The minimum Gasteiger partial charge on any atom is -0.508 e. The molecular weight excluding hydrogens is 234 g/mol. The van der Waals surface area contributed by atoms with Gasteiger partial charge in [0.05, 0.1) is 5.33 Å². The Morgan fingerprint density at radius 1 is 1.54 bits per heavy atom. The number of hydrogen-bond donors (Lipinski definition) is 2. The summed E-state index contributed by atoms with van der Waals surface area (Å²) in [6, 6.07) is 6.80. The van der Waals surface area contributed by atoms with Crippen LogP contribution in [0.25, 0.3) is 0 Å². The van der Waals surface area contributed by atoms with Crippen LogP contribution in [-0.4, -0.2) is 16.3 Å². The van der Waals surface area contributed by atoms with E-state index in [1.165, 1.54) is 0 Å². The summed E-state index contributed by atoms with van der Waals surface area (Å²) >= 11 is 3.04. The maximum absolute atomic E-state index is 10.8. The van der Waals surface area contributed by atoms with E-state index in [0.29, 0.717) is 11.9 Å². The summed E-state index contributed by atoms with van der Waals surface area (Å²) in [7, 11) is 0. The zero-order chi connectivity index (χ0) is 9.68. The lowest BCUT2D eigenvalue weighted by Gasteiger charge is -2.03. The third-order valence-corrected chi connectivity index (χ3v) is 2.03. The quantitative estimate of drug-likeness (QED) is 0.789. The van der Waals surface area contributed by atoms with Crippen molar-refractivity contribution in [3.63, 3.8) is 0 Å². The standard InChI is InChI=1S/C9H10BrNO2/c10-5-9(13)11-6-7-2-1-3-8(12)4-7/h1-4,12H,5-6H2,(H,11,13). The first-order valence-electron chi connectivity index (χ1n) is 3.83. The summed E-state index contributed by atoms with van der Waals surface area (Å²) in [6.45, 7) is 0.443. The van der Waals surface area contributed by atoms with Gasteiger partial charge in [0.2, 0.25) is 5.91 Å². The van der Waals surface area contributed by atoms with Crippen LogP contribution in [0.1, 0.15) is 5.56 Å². The first-order chi connectivity index (χ1) is 6.22. The SMILES string of the molecule is O=C(CBr)NCc1cccc(O)c1.